The van der Waals surface area contributed by atoms with Crippen molar-refractivity contribution in [3.05, 3.63) is 36.0 Å². The van der Waals surface area contributed by atoms with E-state index in [1.54, 1.807) is 13.3 Å². The lowest BCUT2D eigenvalue weighted by Gasteiger charge is -2.05. The minimum atomic E-state index is 0.406. The number of aliphatic imine (C=N–C) groups is 1. The molecule has 0 spiro atoms. The van der Waals surface area contributed by atoms with E-state index in [1.807, 2.05) is 19.1 Å². The van der Waals surface area contributed by atoms with Gasteiger partial charge in [-0.2, -0.15) is 0 Å². The van der Waals surface area contributed by atoms with Gasteiger partial charge in [-0.25, -0.2) is 9.98 Å². The van der Waals surface area contributed by atoms with Crippen molar-refractivity contribution in [3.8, 4) is 5.88 Å². The maximum absolute atomic E-state index is 5.69. The van der Waals surface area contributed by atoms with Gasteiger partial charge >= 0.3 is 0 Å². The number of guanidine groups is 1. The third-order valence-electron chi connectivity index (χ3n) is 2.01. The molecule has 3 N–H and O–H groups in total. The fraction of sp³-hybridized carbons (Fsp3) is 0.333. The predicted octanol–water partition coefficient (Wildman–Crippen LogP) is 1.07. The Kier molecular flexibility index (Phi) is 5.00. The molecule has 5 heteroatoms. The molecule has 0 saturated heterocycles. The molecular weight excluding hydrogens is 216 g/mol. The first-order valence-corrected chi connectivity index (χ1v) is 5.29. The van der Waals surface area contributed by atoms with E-state index in [2.05, 4.69) is 21.9 Å². The number of nitrogens with zero attached hydrogens (tertiary/aromatic N) is 2. The van der Waals surface area contributed by atoms with Crippen molar-refractivity contribution < 1.29 is 4.74 Å². The van der Waals surface area contributed by atoms with Crippen LogP contribution in [0.2, 0.25) is 0 Å². The van der Waals surface area contributed by atoms with Crippen molar-refractivity contribution in [2.24, 2.45) is 10.7 Å². The van der Waals surface area contributed by atoms with Gasteiger partial charge < -0.3 is 15.8 Å². The Morgan fingerprint density at radius 3 is 3.06 bits per heavy atom. The standard InChI is InChI=1S/C12H18N4O/c1-9(2)7-15-12(13)16-8-10-4-5-14-11(6-10)17-3/h4-6H,1,7-8H2,2-3H3,(H3,13,15,16). The first-order valence-electron chi connectivity index (χ1n) is 5.29. The summed E-state index contributed by atoms with van der Waals surface area (Å²) < 4.78 is 5.02. The van der Waals surface area contributed by atoms with Gasteiger partial charge in [-0.05, 0) is 18.6 Å². The van der Waals surface area contributed by atoms with E-state index in [-0.39, 0.29) is 0 Å². The fourth-order valence-electron chi connectivity index (χ4n) is 1.13. The van der Waals surface area contributed by atoms with Crippen LogP contribution in [0.4, 0.5) is 0 Å². The molecular formula is C12H18N4O. The van der Waals surface area contributed by atoms with Gasteiger partial charge in [-0.15, -0.1) is 0 Å². The molecule has 17 heavy (non-hydrogen) atoms. The van der Waals surface area contributed by atoms with Gasteiger partial charge in [0.25, 0.3) is 0 Å². The molecule has 0 fully saturated rings. The minimum absolute atomic E-state index is 0.406. The number of nitrogens with two attached hydrogens (primary N) is 1. The van der Waals surface area contributed by atoms with Crippen molar-refractivity contribution >= 4 is 5.96 Å². The molecule has 0 aliphatic carbocycles. The van der Waals surface area contributed by atoms with Crippen molar-refractivity contribution in [3.63, 3.8) is 0 Å². The molecule has 0 atom stereocenters. The first-order chi connectivity index (χ1) is 8.11. The number of methoxy groups -OCH3 is 1. The normalized spacial score (nSPS) is 11.1. The van der Waals surface area contributed by atoms with Crippen molar-refractivity contribution in [2.75, 3.05) is 13.7 Å². The highest BCUT2D eigenvalue weighted by molar-refractivity contribution is 5.78. The van der Waals surface area contributed by atoms with Crippen molar-refractivity contribution in [1.29, 1.82) is 0 Å². The molecule has 5 nitrogen and oxygen atoms in total. The summed E-state index contributed by atoms with van der Waals surface area (Å²) in [5.74, 6) is 0.981. The minimum Gasteiger partial charge on any atom is -0.481 e. The molecule has 0 saturated carbocycles. The Morgan fingerprint density at radius 1 is 1.65 bits per heavy atom. The Hall–Kier alpha value is -2.04. The molecule has 0 amide bonds. The predicted molar refractivity (Wildman–Crippen MR) is 68.9 cm³/mol. The second-order valence-corrected chi connectivity index (χ2v) is 3.72. The summed E-state index contributed by atoms with van der Waals surface area (Å²) in [6, 6.07) is 3.70. The van der Waals surface area contributed by atoms with Crippen LogP contribution in [0.25, 0.3) is 0 Å². The number of nitrogens with one attached hydrogen (secondary N) is 1. The van der Waals surface area contributed by atoms with Gasteiger partial charge in [0, 0.05) is 18.8 Å². The van der Waals surface area contributed by atoms with Crippen LogP contribution >= 0.6 is 0 Å². The molecule has 0 radical (unpaired) electrons. The zero-order valence-corrected chi connectivity index (χ0v) is 10.2. The van der Waals surface area contributed by atoms with E-state index >= 15 is 0 Å². The first kappa shape index (κ1) is 13.0. The molecule has 1 aromatic heterocycles. The van der Waals surface area contributed by atoms with Crippen LogP contribution in [-0.4, -0.2) is 24.6 Å². The summed E-state index contributed by atoms with van der Waals surface area (Å²) in [5, 5.41) is 2.96. The van der Waals surface area contributed by atoms with Crippen LogP contribution in [0.15, 0.2) is 35.5 Å². The monoisotopic (exact) mass is 234 g/mol. The highest BCUT2D eigenvalue weighted by atomic mass is 16.5. The highest BCUT2D eigenvalue weighted by Gasteiger charge is 1.96. The van der Waals surface area contributed by atoms with Gasteiger partial charge in [0.1, 0.15) is 0 Å². The maximum Gasteiger partial charge on any atom is 0.213 e. The summed E-state index contributed by atoms with van der Waals surface area (Å²) in [5.41, 5.74) is 7.70. The topological polar surface area (TPSA) is 72.5 Å². The SMILES string of the molecule is C=C(C)CNC(N)=NCc1ccnc(OC)c1. The van der Waals surface area contributed by atoms with E-state index in [1.165, 1.54) is 0 Å². The second-order valence-electron chi connectivity index (χ2n) is 3.72. The van der Waals surface area contributed by atoms with E-state index in [9.17, 15) is 0 Å². The van der Waals surface area contributed by atoms with Crippen LogP contribution in [0, 0.1) is 0 Å². The molecule has 0 aromatic carbocycles. The third kappa shape index (κ3) is 5.01. The van der Waals surface area contributed by atoms with Gasteiger partial charge in [0.05, 0.1) is 13.7 Å². The van der Waals surface area contributed by atoms with E-state index in [0.717, 1.165) is 11.1 Å². The number of aromatic nitrogens is 1. The fourth-order valence-corrected chi connectivity index (χ4v) is 1.13. The summed E-state index contributed by atoms with van der Waals surface area (Å²) in [4.78, 5) is 8.22. The lowest BCUT2D eigenvalue weighted by molar-refractivity contribution is 0.397. The molecule has 1 aromatic rings. The lowest BCUT2D eigenvalue weighted by atomic mass is 10.3. The molecule has 0 aliphatic heterocycles. The summed E-state index contributed by atoms with van der Waals surface area (Å²) in [6.07, 6.45) is 1.68. The van der Waals surface area contributed by atoms with Gasteiger partial charge in [-0.3, -0.25) is 0 Å². The quantitative estimate of drug-likeness (QED) is 0.454. The number of ether oxygens (including phenoxy) is 1. The van der Waals surface area contributed by atoms with E-state index in [4.69, 9.17) is 10.5 Å². The largest absolute Gasteiger partial charge is 0.481 e. The molecule has 1 rings (SSSR count). The summed E-state index contributed by atoms with van der Waals surface area (Å²) in [6.45, 7) is 6.82. The van der Waals surface area contributed by atoms with Crippen molar-refractivity contribution in [2.45, 2.75) is 13.5 Å². The van der Waals surface area contributed by atoms with E-state index in [0.29, 0.717) is 24.9 Å². The summed E-state index contributed by atoms with van der Waals surface area (Å²) in [7, 11) is 1.58. The van der Waals surface area contributed by atoms with E-state index < -0.39 is 0 Å². The Bertz CT molecular complexity index is 415. The summed E-state index contributed by atoms with van der Waals surface area (Å²) >= 11 is 0. The molecule has 1 heterocycles. The third-order valence-corrected chi connectivity index (χ3v) is 2.01. The zero-order valence-electron chi connectivity index (χ0n) is 10.2. The molecule has 0 unspecified atom stereocenters. The van der Waals surface area contributed by atoms with Crippen molar-refractivity contribution in [1.82, 2.24) is 10.3 Å². The zero-order chi connectivity index (χ0) is 12.7. The van der Waals surface area contributed by atoms with Crippen LogP contribution < -0.4 is 15.8 Å². The van der Waals surface area contributed by atoms with Crippen LogP contribution in [0.5, 0.6) is 5.88 Å². The van der Waals surface area contributed by atoms with Gasteiger partial charge in [-0.1, -0.05) is 12.2 Å². The number of rotatable bonds is 5. The average Bonchev–Trinajstić information content (AvgIpc) is 2.34. The Balaban J connectivity index is 2.53. The second kappa shape index (κ2) is 6.52. The van der Waals surface area contributed by atoms with Gasteiger partial charge in [0.2, 0.25) is 5.88 Å². The van der Waals surface area contributed by atoms with Crippen LogP contribution in [0.1, 0.15) is 12.5 Å². The number of hydrogen-bond donors (Lipinski definition) is 2. The maximum atomic E-state index is 5.69. The lowest BCUT2D eigenvalue weighted by Crippen LogP contribution is -2.32. The average molecular weight is 234 g/mol. The molecule has 0 bridgehead atoms. The smallest absolute Gasteiger partial charge is 0.213 e. The Morgan fingerprint density at radius 2 is 2.41 bits per heavy atom. The Labute approximate surface area is 101 Å². The van der Waals surface area contributed by atoms with Crippen LogP contribution in [-0.2, 0) is 6.54 Å². The molecule has 0 aliphatic rings. The number of pyridine rings is 1. The van der Waals surface area contributed by atoms with Gasteiger partial charge in [0.15, 0.2) is 5.96 Å². The van der Waals surface area contributed by atoms with Crippen LogP contribution in [0.3, 0.4) is 0 Å². The highest BCUT2D eigenvalue weighted by Crippen LogP contribution is 2.09. The molecule has 92 valence electrons. The number of hydrogen-bond acceptors (Lipinski definition) is 3.